The molecule has 0 radical (unpaired) electrons. The molecular formula is C12H16Cl2N2O. The molecule has 0 spiro atoms. The van der Waals surface area contributed by atoms with Gasteiger partial charge in [0.25, 0.3) is 0 Å². The van der Waals surface area contributed by atoms with Gasteiger partial charge in [0.1, 0.15) is 0 Å². The Labute approximate surface area is 111 Å². The van der Waals surface area contributed by atoms with E-state index in [1.165, 1.54) is 0 Å². The van der Waals surface area contributed by atoms with Gasteiger partial charge in [-0.25, -0.2) is 0 Å². The molecule has 0 aromatic heterocycles. The highest BCUT2D eigenvalue weighted by molar-refractivity contribution is 6.36. The highest BCUT2D eigenvalue weighted by Gasteiger charge is 2.14. The Morgan fingerprint density at radius 2 is 2.00 bits per heavy atom. The Balaban J connectivity index is 2.81. The SMILES string of the molecule is CNCC(C)C(=O)Nc1cc(Cl)c(C)cc1Cl. The lowest BCUT2D eigenvalue weighted by Crippen LogP contribution is -2.28. The smallest absolute Gasteiger partial charge is 0.228 e. The molecule has 5 heteroatoms. The van der Waals surface area contributed by atoms with Crippen LogP contribution < -0.4 is 10.6 Å². The quantitative estimate of drug-likeness (QED) is 0.886. The predicted octanol–water partition coefficient (Wildman–Crippen LogP) is 3.10. The van der Waals surface area contributed by atoms with Crippen LogP contribution in [0.5, 0.6) is 0 Å². The number of carbonyl (C=O) groups excluding carboxylic acids is 1. The molecule has 3 nitrogen and oxygen atoms in total. The molecule has 1 atom stereocenters. The van der Waals surface area contributed by atoms with E-state index in [0.29, 0.717) is 22.3 Å². The topological polar surface area (TPSA) is 41.1 Å². The number of carbonyl (C=O) groups is 1. The van der Waals surface area contributed by atoms with Crippen LogP contribution in [0.2, 0.25) is 10.0 Å². The Morgan fingerprint density at radius 3 is 2.59 bits per heavy atom. The monoisotopic (exact) mass is 274 g/mol. The Hall–Kier alpha value is -0.770. The summed E-state index contributed by atoms with van der Waals surface area (Å²) in [6.45, 7) is 4.32. The molecule has 1 rings (SSSR count). The first-order valence-corrected chi connectivity index (χ1v) is 6.12. The maximum absolute atomic E-state index is 11.8. The lowest BCUT2D eigenvalue weighted by Gasteiger charge is -2.13. The minimum atomic E-state index is -0.129. The highest BCUT2D eigenvalue weighted by atomic mass is 35.5. The third-order valence-electron chi connectivity index (χ3n) is 2.46. The maximum Gasteiger partial charge on any atom is 0.228 e. The van der Waals surface area contributed by atoms with Gasteiger partial charge < -0.3 is 10.6 Å². The number of hydrogen-bond acceptors (Lipinski definition) is 2. The molecule has 2 N–H and O–H groups in total. The summed E-state index contributed by atoms with van der Waals surface area (Å²) < 4.78 is 0. The number of anilines is 1. The molecule has 0 bridgehead atoms. The standard InChI is InChI=1S/C12H16Cl2N2O/c1-7-4-10(14)11(5-9(7)13)16-12(17)8(2)6-15-3/h4-5,8,15H,6H2,1-3H3,(H,16,17). The average Bonchev–Trinajstić information content (AvgIpc) is 2.26. The second-order valence-corrected chi connectivity index (χ2v) is 4.84. The number of amides is 1. The molecule has 0 fully saturated rings. The summed E-state index contributed by atoms with van der Waals surface area (Å²) in [5.74, 6) is -0.211. The highest BCUT2D eigenvalue weighted by Crippen LogP contribution is 2.28. The van der Waals surface area contributed by atoms with Crippen LogP contribution in [0.3, 0.4) is 0 Å². The van der Waals surface area contributed by atoms with Crippen LogP contribution in [-0.2, 0) is 4.79 Å². The van der Waals surface area contributed by atoms with E-state index in [4.69, 9.17) is 23.2 Å². The zero-order valence-corrected chi connectivity index (χ0v) is 11.6. The summed E-state index contributed by atoms with van der Waals surface area (Å²) in [4.78, 5) is 11.8. The van der Waals surface area contributed by atoms with Gasteiger partial charge in [0.05, 0.1) is 10.7 Å². The summed E-state index contributed by atoms with van der Waals surface area (Å²) in [7, 11) is 1.81. The van der Waals surface area contributed by atoms with E-state index in [1.54, 1.807) is 19.2 Å². The van der Waals surface area contributed by atoms with Crippen LogP contribution >= 0.6 is 23.2 Å². The molecule has 1 amide bonds. The van der Waals surface area contributed by atoms with Crippen molar-refractivity contribution in [1.29, 1.82) is 0 Å². The molecule has 0 aliphatic carbocycles. The van der Waals surface area contributed by atoms with E-state index in [-0.39, 0.29) is 11.8 Å². The Morgan fingerprint density at radius 1 is 1.35 bits per heavy atom. The molecule has 94 valence electrons. The summed E-state index contributed by atoms with van der Waals surface area (Å²) in [6, 6.07) is 3.41. The van der Waals surface area contributed by atoms with Crippen molar-refractivity contribution >= 4 is 34.8 Å². The van der Waals surface area contributed by atoms with Crippen LogP contribution in [-0.4, -0.2) is 19.5 Å². The first kappa shape index (κ1) is 14.3. The molecule has 1 aromatic rings. The van der Waals surface area contributed by atoms with Crippen LogP contribution in [0.1, 0.15) is 12.5 Å². The summed E-state index contributed by atoms with van der Waals surface area (Å²) >= 11 is 12.0. The molecular weight excluding hydrogens is 259 g/mol. The largest absolute Gasteiger partial charge is 0.324 e. The van der Waals surface area contributed by atoms with E-state index in [2.05, 4.69) is 10.6 Å². The number of halogens is 2. The second-order valence-electron chi connectivity index (χ2n) is 4.03. The summed E-state index contributed by atoms with van der Waals surface area (Å²) in [5.41, 5.74) is 1.44. The van der Waals surface area contributed by atoms with Gasteiger partial charge in [-0.15, -0.1) is 0 Å². The molecule has 0 aliphatic heterocycles. The Bertz CT molecular complexity index is 421. The van der Waals surface area contributed by atoms with Gasteiger partial charge in [-0.2, -0.15) is 0 Å². The fourth-order valence-electron chi connectivity index (χ4n) is 1.40. The number of benzene rings is 1. The van der Waals surface area contributed by atoms with E-state index in [0.717, 1.165) is 5.56 Å². The predicted molar refractivity (Wildman–Crippen MR) is 72.9 cm³/mol. The van der Waals surface area contributed by atoms with Crippen molar-refractivity contribution in [2.75, 3.05) is 18.9 Å². The van der Waals surface area contributed by atoms with Gasteiger partial charge in [-0.3, -0.25) is 4.79 Å². The second kappa shape index (κ2) is 6.24. The fraction of sp³-hybridized carbons (Fsp3) is 0.417. The van der Waals surface area contributed by atoms with Gasteiger partial charge in [0.15, 0.2) is 0 Å². The van der Waals surface area contributed by atoms with Crippen LogP contribution in [0.15, 0.2) is 12.1 Å². The van der Waals surface area contributed by atoms with Crippen molar-refractivity contribution in [3.05, 3.63) is 27.7 Å². The van der Waals surface area contributed by atoms with E-state index in [1.807, 2.05) is 13.8 Å². The van der Waals surface area contributed by atoms with Gasteiger partial charge in [0.2, 0.25) is 5.91 Å². The minimum absolute atomic E-state index is 0.0823. The lowest BCUT2D eigenvalue weighted by atomic mass is 10.1. The maximum atomic E-state index is 11.8. The van der Waals surface area contributed by atoms with Crippen LogP contribution in [0, 0.1) is 12.8 Å². The molecule has 1 unspecified atom stereocenters. The van der Waals surface area contributed by atoms with Crippen molar-refractivity contribution in [1.82, 2.24) is 5.32 Å². The third-order valence-corrected chi connectivity index (χ3v) is 3.18. The number of nitrogens with one attached hydrogen (secondary N) is 2. The van der Waals surface area contributed by atoms with Crippen molar-refractivity contribution < 1.29 is 4.79 Å². The molecule has 17 heavy (non-hydrogen) atoms. The first-order chi connectivity index (χ1) is 7.95. The van der Waals surface area contributed by atoms with Crippen LogP contribution in [0.4, 0.5) is 5.69 Å². The van der Waals surface area contributed by atoms with Crippen molar-refractivity contribution in [2.24, 2.45) is 5.92 Å². The third kappa shape index (κ3) is 3.87. The number of hydrogen-bond donors (Lipinski definition) is 2. The number of aryl methyl sites for hydroxylation is 1. The van der Waals surface area contributed by atoms with Crippen molar-refractivity contribution in [3.8, 4) is 0 Å². The fourth-order valence-corrected chi connectivity index (χ4v) is 1.83. The molecule has 0 heterocycles. The average molecular weight is 275 g/mol. The van der Waals surface area contributed by atoms with Gasteiger partial charge in [-0.05, 0) is 31.7 Å². The number of rotatable bonds is 4. The van der Waals surface area contributed by atoms with Crippen LogP contribution in [0.25, 0.3) is 0 Å². The minimum Gasteiger partial charge on any atom is -0.324 e. The Kier molecular flexibility index (Phi) is 5.25. The summed E-state index contributed by atoms with van der Waals surface area (Å²) in [6.07, 6.45) is 0. The van der Waals surface area contributed by atoms with E-state index >= 15 is 0 Å². The molecule has 0 saturated heterocycles. The normalized spacial score (nSPS) is 12.3. The van der Waals surface area contributed by atoms with E-state index < -0.39 is 0 Å². The molecule has 0 aliphatic rings. The zero-order chi connectivity index (χ0) is 13.0. The van der Waals surface area contributed by atoms with Crippen molar-refractivity contribution in [3.63, 3.8) is 0 Å². The van der Waals surface area contributed by atoms with Gasteiger partial charge >= 0.3 is 0 Å². The van der Waals surface area contributed by atoms with Gasteiger partial charge in [-0.1, -0.05) is 30.1 Å². The van der Waals surface area contributed by atoms with Crippen molar-refractivity contribution in [2.45, 2.75) is 13.8 Å². The molecule has 1 aromatic carbocycles. The lowest BCUT2D eigenvalue weighted by molar-refractivity contribution is -0.119. The zero-order valence-electron chi connectivity index (χ0n) is 10.1. The first-order valence-electron chi connectivity index (χ1n) is 5.36. The van der Waals surface area contributed by atoms with Gasteiger partial charge in [0, 0.05) is 17.5 Å². The summed E-state index contributed by atoms with van der Waals surface area (Å²) in [5, 5.41) is 6.80. The molecule has 0 saturated carbocycles. The van der Waals surface area contributed by atoms with E-state index in [9.17, 15) is 4.79 Å².